The topological polar surface area (TPSA) is 37.4 Å². The summed E-state index contributed by atoms with van der Waals surface area (Å²) in [6.07, 6.45) is 0. The molecular formula is C26H23NO2S. The second kappa shape index (κ2) is 8.33. The molecule has 1 aliphatic rings. The van der Waals surface area contributed by atoms with Gasteiger partial charge in [-0.1, -0.05) is 60.7 Å². The quantitative estimate of drug-likeness (QED) is 0.494. The maximum absolute atomic E-state index is 13.5. The van der Waals surface area contributed by atoms with Crippen LogP contribution in [0.1, 0.15) is 27.8 Å². The fraction of sp³-hybridized carbons (Fsp3) is 0.154. The van der Waals surface area contributed by atoms with Gasteiger partial charge in [-0.05, 0) is 60.7 Å². The second-order valence-electron chi connectivity index (χ2n) is 7.56. The Balaban J connectivity index is 1.77. The van der Waals surface area contributed by atoms with Gasteiger partial charge in [-0.25, -0.2) is 4.90 Å². The van der Waals surface area contributed by atoms with Crippen LogP contribution < -0.4 is 4.90 Å². The number of hydrogen-bond acceptors (Lipinski definition) is 3. The van der Waals surface area contributed by atoms with Crippen LogP contribution in [-0.4, -0.2) is 11.8 Å². The number of thioether (sulfide) groups is 1. The Kier molecular flexibility index (Phi) is 5.60. The van der Waals surface area contributed by atoms with Crippen LogP contribution in [0.3, 0.4) is 0 Å². The Morgan fingerprint density at radius 1 is 0.767 bits per heavy atom. The summed E-state index contributed by atoms with van der Waals surface area (Å²) in [5, 5.41) is 0. The maximum atomic E-state index is 13.5. The molecule has 2 amide bonds. The second-order valence-corrected chi connectivity index (χ2v) is 8.55. The van der Waals surface area contributed by atoms with Gasteiger partial charge in [-0.3, -0.25) is 9.59 Å². The molecular weight excluding hydrogens is 390 g/mol. The molecule has 0 N–H and O–H groups in total. The molecule has 3 aromatic rings. The van der Waals surface area contributed by atoms with E-state index in [4.69, 9.17) is 0 Å². The van der Waals surface area contributed by atoms with Crippen LogP contribution in [0.5, 0.6) is 0 Å². The highest BCUT2D eigenvalue weighted by molar-refractivity contribution is 8.03. The smallest absolute Gasteiger partial charge is 0.268 e. The van der Waals surface area contributed by atoms with Gasteiger partial charge in [0, 0.05) is 5.75 Å². The molecule has 0 aromatic heterocycles. The first-order valence-electron chi connectivity index (χ1n) is 9.90. The van der Waals surface area contributed by atoms with Gasteiger partial charge in [0.05, 0.1) is 16.2 Å². The van der Waals surface area contributed by atoms with Gasteiger partial charge in [0.15, 0.2) is 0 Å². The molecule has 0 aliphatic carbocycles. The number of anilines is 1. The third kappa shape index (κ3) is 3.83. The van der Waals surface area contributed by atoms with Crippen molar-refractivity contribution in [2.75, 3.05) is 4.90 Å². The Bertz CT molecular complexity index is 1160. The fourth-order valence-electron chi connectivity index (χ4n) is 3.53. The van der Waals surface area contributed by atoms with Crippen molar-refractivity contribution in [3.05, 3.63) is 106 Å². The third-order valence-electron chi connectivity index (χ3n) is 5.32. The molecule has 4 heteroatoms. The Morgan fingerprint density at radius 3 is 2.23 bits per heavy atom. The number of nitrogens with zero attached hydrogens (tertiary/aromatic N) is 1. The van der Waals surface area contributed by atoms with Crippen LogP contribution in [0.25, 0.3) is 5.57 Å². The highest BCUT2D eigenvalue weighted by atomic mass is 32.2. The molecule has 0 spiro atoms. The van der Waals surface area contributed by atoms with Gasteiger partial charge in [0.1, 0.15) is 0 Å². The molecule has 0 unspecified atom stereocenters. The Hall–Kier alpha value is -3.11. The van der Waals surface area contributed by atoms with Crippen LogP contribution in [-0.2, 0) is 15.3 Å². The van der Waals surface area contributed by atoms with Gasteiger partial charge < -0.3 is 0 Å². The summed E-state index contributed by atoms with van der Waals surface area (Å²) in [4.78, 5) is 28.7. The van der Waals surface area contributed by atoms with E-state index in [0.717, 1.165) is 27.8 Å². The van der Waals surface area contributed by atoms with Gasteiger partial charge in [0.2, 0.25) is 0 Å². The van der Waals surface area contributed by atoms with Crippen molar-refractivity contribution in [2.45, 2.75) is 26.5 Å². The summed E-state index contributed by atoms with van der Waals surface area (Å²) in [5.41, 5.74) is 6.27. The number of aryl methyl sites for hydroxylation is 3. The zero-order valence-corrected chi connectivity index (χ0v) is 18.1. The van der Waals surface area contributed by atoms with Gasteiger partial charge in [-0.2, -0.15) is 0 Å². The van der Waals surface area contributed by atoms with Gasteiger partial charge in [-0.15, -0.1) is 11.8 Å². The molecule has 0 radical (unpaired) electrons. The molecule has 150 valence electrons. The molecule has 1 aliphatic heterocycles. The lowest BCUT2D eigenvalue weighted by Crippen LogP contribution is -2.31. The first kappa shape index (κ1) is 20.2. The first-order valence-corrected chi connectivity index (χ1v) is 10.9. The van der Waals surface area contributed by atoms with E-state index in [9.17, 15) is 9.59 Å². The number of amides is 2. The lowest BCUT2D eigenvalue weighted by atomic mass is 10.0. The molecule has 3 aromatic carbocycles. The van der Waals surface area contributed by atoms with E-state index < -0.39 is 0 Å². The predicted octanol–water partition coefficient (Wildman–Crippen LogP) is 5.83. The van der Waals surface area contributed by atoms with Crippen LogP contribution >= 0.6 is 11.8 Å². The van der Waals surface area contributed by atoms with Gasteiger partial charge in [0.25, 0.3) is 11.8 Å². The summed E-state index contributed by atoms with van der Waals surface area (Å²) in [7, 11) is 0. The third-order valence-corrected chi connectivity index (χ3v) is 6.47. The van der Waals surface area contributed by atoms with E-state index in [0.29, 0.717) is 21.9 Å². The van der Waals surface area contributed by atoms with Crippen molar-refractivity contribution >= 4 is 34.8 Å². The zero-order valence-electron chi connectivity index (χ0n) is 17.3. The minimum absolute atomic E-state index is 0.250. The molecule has 0 bridgehead atoms. The number of carbonyl (C=O) groups excluding carboxylic acids is 2. The maximum Gasteiger partial charge on any atom is 0.272 e. The zero-order chi connectivity index (χ0) is 21.3. The van der Waals surface area contributed by atoms with Crippen molar-refractivity contribution in [1.82, 2.24) is 0 Å². The van der Waals surface area contributed by atoms with Gasteiger partial charge >= 0.3 is 0 Å². The number of benzene rings is 3. The Labute approximate surface area is 181 Å². The Morgan fingerprint density at radius 2 is 1.53 bits per heavy atom. The highest BCUT2D eigenvalue weighted by Gasteiger charge is 2.40. The lowest BCUT2D eigenvalue weighted by molar-refractivity contribution is -0.119. The average molecular weight is 414 g/mol. The number of rotatable bonds is 5. The van der Waals surface area contributed by atoms with Crippen molar-refractivity contribution in [1.29, 1.82) is 0 Å². The van der Waals surface area contributed by atoms with Crippen LogP contribution in [0, 0.1) is 20.8 Å². The number of imide groups is 1. The van der Waals surface area contributed by atoms with E-state index in [1.54, 1.807) is 0 Å². The summed E-state index contributed by atoms with van der Waals surface area (Å²) in [6, 6.07) is 23.4. The lowest BCUT2D eigenvalue weighted by Gasteiger charge is -2.16. The standard InChI is InChI=1S/C26H23NO2S/c1-17-8-7-11-22(14-17)27-25(28)23(21-13-12-18(2)19(3)15-21)24(26(27)29)30-16-20-9-5-4-6-10-20/h4-15H,16H2,1-3H3. The van der Waals surface area contributed by atoms with Crippen molar-refractivity contribution in [3.63, 3.8) is 0 Å². The first-order chi connectivity index (χ1) is 14.5. The molecule has 0 fully saturated rings. The van der Waals surface area contributed by atoms with Crippen LogP contribution in [0.2, 0.25) is 0 Å². The number of carbonyl (C=O) groups is 2. The van der Waals surface area contributed by atoms with Crippen molar-refractivity contribution in [3.8, 4) is 0 Å². The summed E-state index contributed by atoms with van der Waals surface area (Å²) in [5.74, 6) is 0.120. The minimum atomic E-state index is -0.260. The molecule has 4 rings (SSSR count). The minimum Gasteiger partial charge on any atom is -0.268 e. The molecule has 30 heavy (non-hydrogen) atoms. The SMILES string of the molecule is Cc1cccc(N2C(=O)C(SCc3ccccc3)=C(c3ccc(C)c(C)c3)C2=O)c1. The monoisotopic (exact) mass is 413 g/mol. The van der Waals surface area contributed by atoms with Crippen LogP contribution in [0.4, 0.5) is 5.69 Å². The largest absolute Gasteiger partial charge is 0.272 e. The summed E-state index contributed by atoms with van der Waals surface area (Å²) >= 11 is 1.43. The molecule has 0 saturated heterocycles. The van der Waals surface area contributed by atoms with E-state index in [2.05, 4.69) is 0 Å². The van der Waals surface area contributed by atoms with Crippen molar-refractivity contribution < 1.29 is 9.59 Å². The summed E-state index contributed by atoms with van der Waals surface area (Å²) < 4.78 is 0. The average Bonchev–Trinajstić information content (AvgIpc) is 2.99. The van der Waals surface area contributed by atoms with E-state index >= 15 is 0 Å². The number of hydrogen-bond donors (Lipinski definition) is 0. The van der Waals surface area contributed by atoms with Crippen molar-refractivity contribution in [2.24, 2.45) is 0 Å². The molecule has 1 heterocycles. The van der Waals surface area contributed by atoms with Crippen LogP contribution in [0.15, 0.2) is 77.7 Å². The molecule has 0 saturated carbocycles. The van der Waals surface area contributed by atoms with E-state index in [1.807, 2.05) is 93.6 Å². The van der Waals surface area contributed by atoms with E-state index in [1.165, 1.54) is 16.7 Å². The van der Waals surface area contributed by atoms with E-state index in [-0.39, 0.29) is 11.8 Å². The molecule has 3 nitrogen and oxygen atoms in total. The summed E-state index contributed by atoms with van der Waals surface area (Å²) in [6.45, 7) is 6.02. The predicted molar refractivity (Wildman–Crippen MR) is 124 cm³/mol. The normalized spacial score (nSPS) is 14.0. The fourth-order valence-corrected chi connectivity index (χ4v) is 4.59. The molecule has 0 atom stereocenters. The highest BCUT2D eigenvalue weighted by Crippen LogP contribution is 2.40.